The largest absolute Gasteiger partial charge is 0.303 e. The Morgan fingerprint density at radius 3 is 2.30 bits per heavy atom. The summed E-state index contributed by atoms with van der Waals surface area (Å²) in [5.41, 5.74) is 0. The monoisotopic (exact) mass is 141 g/mol. The second-order valence-corrected chi connectivity index (χ2v) is 3.92. The summed E-state index contributed by atoms with van der Waals surface area (Å²) in [6.07, 6.45) is 4.32. The van der Waals surface area contributed by atoms with Crippen LogP contribution in [0.4, 0.5) is 0 Å². The van der Waals surface area contributed by atoms with Crippen LogP contribution in [0.2, 0.25) is 0 Å². The second kappa shape index (κ2) is 3.38. The van der Waals surface area contributed by atoms with Crippen molar-refractivity contribution in [2.75, 3.05) is 13.6 Å². The molecule has 0 aromatic carbocycles. The van der Waals surface area contributed by atoms with E-state index in [2.05, 4.69) is 25.8 Å². The molecule has 0 bridgehead atoms. The predicted molar refractivity (Wildman–Crippen MR) is 45.1 cm³/mol. The zero-order valence-electron chi connectivity index (χ0n) is 7.43. The van der Waals surface area contributed by atoms with Gasteiger partial charge in [0, 0.05) is 12.6 Å². The third kappa shape index (κ3) is 1.98. The van der Waals surface area contributed by atoms with E-state index in [-0.39, 0.29) is 0 Å². The van der Waals surface area contributed by atoms with Gasteiger partial charge >= 0.3 is 0 Å². The van der Waals surface area contributed by atoms with Crippen molar-refractivity contribution in [2.45, 2.75) is 39.2 Å². The van der Waals surface area contributed by atoms with Crippen molar-refractivity contribution < 1.29 is 0 Å². The molecule has 0 heterocycles. The molecule has 1 nitrogen and oxygen atoms in total. The van der Waals surface area contributed by atoms with Crippen LogP contribution in [0, 0.1) is 5.92 Å². The molecule has 1 fully saturated rings. The van der Waals surface area contributed by atoms with Crippen LogP contribution < -0.4 is 0 Å². The van der Waals surface area contributed by atoms with Crippen molar-refractivity contribution in [1.82, 2.24) is 4.90 Å². The highest BCUT2D eigenvalue weighted by molar-refractivity contribution is 4.77. The van der Waals surface area contributed by atoms with E-state index in [0.29, 0.717) is 0 Å². The molecular weight excluding hydrogens is 122 g/mol. The first-order valence-electron chi connectivity index (χ1n) is 4.40. The highest BCUT2D eigenvalue weighted by Crippen LogP contribution is 2.23. The summed E-state index contributed by atoms with van der Waals surface area (Å²) in [5.74, 6) is 0.825. The average molecular weight is 141 g/mol. The predicted octanol–water partition coefficient (Wildman–Crippen LogP) is 2.13. The molecule has 1 aliphatic carbocycles. The third-order valence-corrected chi connectivity index (χ3v) is 2.35. The molecule has 1 heteroatoms. The molecular formula is C9H19N. The van der Waals surface area contributed by atoms with Crippen molar-refractivity contribution in [2.24, 2.45) is 5.92 Å². The van der Waals surface area contributed by atoms with Crippen molar-refractivity contribution in [3.05, 3.63) is 0 Å². The molecule has 1 saturated carbocycles. The number of nitrogens with zero attached hydrogens (tertiary/aromatic N) is 1. The van der Waals surface area contributed by atoms with Crippen molar-refractivity contribution >= 4 is 0 Å². The van der Waals surface area contributed by atoms with Crippen LogP contribution in [0.15, 0.2) is 0 Å². The Morgan fingerprint density at radius 2 is 2.00 bits per heavy atom. The standard InChI is InChI=1S/C9H19N/c1-8(2)7-10(3)9-5-4-6-9/h8-9H,4-7H2,1-3H3. The van der Waals surface area contributed by atoms with Gasteiger partial charge in [-0.3, -0.25) is 0 Å². The third-order valence-electron chi connectivity index (χ3n) is 2.35. The lowest BCUT2D eigenvalue weighted by molar-refractivity contribution is 0.145. The summed E-state index contributed by atoms with van der Waals surface area (Å²) < 4.78 is 0. The van der Waals surface area contributed by atoms with Gasteiger partial charge in [-0.1, -0.05) is 20.3 Å². The topological polar surface area (TPSA) is 3.24 Å². The maximum absolute atomic E-state index is 2.51. The van der Waals surface area contributed by atoms with Gasteiger partial charge in [-0.15, -0.1) is 0 Å². The number of hydrogen-bond donors (Lipinski definition) is 0. The molecule has 0 unspecified atom stereocenters. The number of hydrogen-bond acceptors (Lipinski definition) is 1. The molecule has 0 aliphatic heterocycles. The first-order chi connectivity index (χ1) is 4.70. The summed E-state index contributed by atoms with van der Waals surface area (Å²) in [6, 6.07) is 0.919. The van der Waals surface area contributed by atoms with Gasteiger partial charge in [-0.2, -0.15) is 0 Å². The lowest BCUT2D eigenvalue weighted by Gasteiger charge is -2.35. The van der Waals surface area contributed by atoms with Gasteiger partial charge in [0.1, 0.15) is 0 Å². The van der Waals surface area contributed by atoms with Crippen LogP contribution in [0.1, 0.15) is 33.1 Å². The fourth-order valence-electron chi connectivity index (χ4n) is 1.55. The van der Waals surface area contributed by atoms with Crippen LogP contribution in [-0.4, -0.2) is 24.5 Å². The maximum Gasteiger partial charge on any atom is 0.00923 e. The summed E-state index contributed by atoms with van der Waals surface area (Å²) in [6.45, 7) is 5.84. The Labute approximate surface area is 64.4 Å². The summed E-state index contributed by atoms with van der Waals surface area (Å²) >= 11 is 0. The molecule has 0 saturated heterocycles. The molecule has 60 valence electrons. The molecule has 1 rings (SSSR count). The molecule has 1 aliphatic rings. The SMILES string of the molecule is CC(C)CN(C)C1CCC1. The minimum absolute atomic E-state index is 0.825. The maximum atomic E-state index is 2.51. The van der Waals surface area contributed by atoms with Crippen LogP contribution in [-0.2, 0) is 0 Å². The summed E-state index contributed by atoms with van der Waals surface area (Å²) in [7, 11) is 2.25. The van der Waals surface area contributed by atoms with E-state index in [1.807, 2.05) is 0 Å². The van der Waals surface area contributed by atoms with E-state index >= 15 is 0 Å². The van der Waals surface area contributed by atoms with E-state index in [1.54, 1.807) is 0 Å². The van der Waals surface area contributed by atoms with Crippen LogP contribution in [0.5, 0.6) is 0 Å². The molecule has 0 amide bonds. The zero-order chi connectivity index (χ0) is 7.56. The Hall–Kier alpha value is -0.0400. The first kappa shape index (κ1) is 8.06. The first-order valence-corrected chi connectivity index (χ1v) is 4.40. The second-order valence-electron chi connectivity index (χ2n) is 3.92. The van der Waals surface area contributed by atoms with Gasteiger partial charge in [-0.25, -0.2) is 0 Å². The Balaban J connectivity index is 2.13. The molecule has 0 atom stereocenters. The van der Waals surface area contributed by atoms with Crippen LogP contribution in [0.25, 0.3) is 0 Å². The highest BCUT2D eigenvalue weighted by atomic mass is 15.1. The highest BCUT2D eigenvalue weighted by Gasteiger charge is 2.21. The van der Waals surface area contributed by atoms with E-state index in [0.717, 1.165) is 12.0 Å². The molecule has 0 spiro atoms. The van der Waals surface area contributed by atoms with Gasteiger partial charge in [-0.05, 0) is 25.8 Å². The Morgan fingerprint density at radius 1 is 1.40 bits per heavy atom. The number of rotatable bonds is 3. The van der Waals surface area contributed by atoms with E-state index in [1.165, 1.54) is 25.8 Å². The molecule has 0 aromatic heterocycles. The van der Waals surface area contributed by atoms with Crippen LogP contribution >= 0.6 is 0 Å². The van der Waals surface area contributed by atoms with Gasteiger partial charge in [0.2, 0.25) is 0 Å². The Kier molecular flexibility index (Phi) is 2.72. The minimum atomic E-state index is 0.825. The lowest BCUT2D eigenvalue weighted by Crippen LogP contribution is -2.39. The zero-order valence-corrected chi connectivity index (χ0v) is 7.43. The van der Waals surface area contributed by atoms with Crippen molar-refractivity contribution in [3.8, 4) is 0 Å². The fraction of sp³-hybridized carbons (Fsp3) is 1.00. The average Bonchev–Trinajstić information content (AvgIpc) is 1.55. The van der Waals surface area contributed by atoms with E-state index in [9.17, 15) is 0 Å². The van der Waals surface area contributed by atoms with Gasteiger partial charge in [0.05, 0.1) is 0 Å². The molecule has 0 aromatic rings. The Bertz CT molecular complexity index is 94.9. The summed E-state index contributed by atoms with van der Waals surface area (Å²) in [4.78, 5) is 2.51. The lowest BCUT2D eigenvalue weighted by atomic mass is 9.91. The normalized spacial score (nSPS) is 20.1. The minimum Gasteiger partial charge on any atom is -0.303 e. The van der Waals surface area contributed by atoms with Crippen molar-refractivity contribution in [1.29, 1.82) is 0 Å². The van der Waals surface area contributed by atoms with Crippen molar-refractivity contribution in [3.63, 3.8) is 0 Å². The molecule has 0 radical (unpaired) electrons. The summed E-state index contributed by atoms with van der Waals surface area (Å²) in [5, 5.41) is 0. The molecule has 0 N–H and O–H groups in total. The molecule has 10 heavy (non-hydrogen) atoms. The quantitative estimate of drug-likeness (QED) is 0.582. The smallest absolute Gasteiger partial charge is 0.00923 e. The van der Waals surface area contributed by atoms with Gasteiger partial charge < -0.3 is 4.90 Å². The fourth-order valence-corrected chi connectivity index (χ4v) is 1.55. The van der Waals surface area contributed by atoms with Crippen LogP contribution in [0.3, 0.4) is 0 Å². The van der Waals surface area contributed by atoms with E-state index in [4.69, 9.17) is 0 Å². The van der Waals surface area contributed by atoms with Gasteiger partial charge in [0.15, 0.2) is 0 Å². The van der Waals surface area contributed by atoms with Gasteiger partial charge in [0.25, 0.3) is 0 Å². The van der Waals surface area contributed by atoms with E-state index < -0.39 is 0 Å².